The molecule has 0 radical (unpaired) electrons. The molecule has 2 aromatic carbocycles. The number of aliphatic hydroxyl groups excluding tert-OH is 1. The number of halogens is 1. The summed E-state index contributed by atoms with van der Waals surface area (Å²) in [6.45, 7) is 7.77. The maximum absolute atomic E-state index is 10.6. The van der Waals surface area contributed by atoms with Gasteiger partial charge >= 0.3 is 0 Å². The Bertz CT molecular complexity index is 956. The van der Waals surface area contributed by atoms with Crippen LogP contribution in [-0.4, -0.2) is 46.8 Å². The van der Waals surface area contributed by atoms with Crippen molar-refractivity contribution in [3.63, 3.8) is 0 Å². The molecule has 3 rings (SSSR count). The van der Waals surface area contributed by atoms with E-state index in [1.807, 2.05) is 69.3 Å². The molecule has 3 aromatic rings. The largest absolute Gasteiger partial charge is 0.491 e. The second kappa shape index (κ2) is 13.3. The number of aryl methyl sites for hydroxylation is 1. The lowest BCUT2D eigenvalue weighted by Gasteiger charge is -2.15. The minimum absolute atomic E-state index is 0. The summed E-state index contributed by atoms with van der Waals surface area (Å²) in [7, 11) is 0. The van der Waals surface area contributed by atoms with Gasteiger partial charge in [-0.15, -0.1) is 24.0 Å². The summed E-state index contributed by atoms with van der Waals surface area (Å²) < 4.78 is 5.71. The highest BCUT2D eigenvalue weighted by molar-refractivity contribution is 14.0. The fourth-order valence-electron chi connectivity index (χ4n) is 3.28. The van der Waals surface area contributed by atoms with Crippen molar-refractivity contribution < 1.29 is 9.84 Å². The monoisotopic (exact) mass is 551 g/mol. The van der Waals surface area contributed by atoms with Gasteiger partial charge in [-0.2, -0.15) is 0 Å². The van der Waals surface area contributed by atoms with Crippen molar-refractivity contribution in [2.75, 3.05) is 19.6 Å². The summed E-state index contributed by atoms with van der Waals surface area (Å²) in [5, 5.41) is 17.1. The van der Waals surface area contributed by atoms with Crippen LogP contribution in [0.25, 0.3) is 11.0 Å². The van der Waals surface area contributed by atoms with E-state index in [0.29, 0.717) is 5.96 Å². The zero-order chi connectivity index (χ0) is 22.1. The summed E-state index contributed by atoms with van der Waals surface area (Å²) in [5.74, 6) is 2.44. The molecule has 0 aliphatic rings. The number of hydrogen-bond donors (Lipinski definition) is 4. The number of aliphatic imine (C=N–C) groups is 1. The van der Waals surface area contributed by atoms with Crippen LogP contribution in [0.2, 0.25) is 0 Å². The Hall–Kier alpha value is -2.33. The lowest BCUT2D eigenvalue weighted by atomic mass is 10.1. The van der Waals surface area contributed by atoms with Crippen LogP contribution in [-0.2, 0) is 6.42 Å². The standard InChI is InChI=1S/C24H33N5O2.HI/c1-4-25-24(26-14-8-13-23-28-20-11-5-6-12-21(20)29-23)27-16-22(30)18-9-7-10-19(15-18)31-17(2)3;/h5-7,9-12,15,17,22,30H,4,8,13-14,16H2,1-3H3,(H,28,29)(H2,25,26,27);1H. The minimum Gasteiger partial charge on any atom is -0.491 e. The molecule has 0 spiro atoms. The second-order valence-electron chi connectivity index (χ2n) is 7.71. The molecule has 0 bridgehead atoms. The number of aromatic amines is 1. The summed E-state index contributed by atoms with van der Waals surface area (Å²) in [6, 6.07) is 15.6. The molecule has 0 amide bonds. The number of guanidine groups is 1. The first-order valence-electron chi connectivity index (χ1n) is 11.0. The van der Waals surface area contributed by atoms with Crippen molar-refractivity contribution in [1.82, 2.24) is 20.6 Å². The van der Waals surface area contributed by atoms with Crippen molar-refractivity contribution in [1.29, 1.82) is 0 Å². The number of H-pyrrole nitrogens is 1. The highest BCUT2D eigenvalue weighted by atomic mass is 127. The number of rotatable bonds is 10. The Morgan fingerprint density at radius 3 is 2.72 bits per heavy atom. The van der Waals surface area contributed by atoms with Crippen LogP contribution in [0.5, 0.6) is 5.75 Å². The van der Waals surface area contributed by atoms with Gasteiger partial charge in [-0.05, 0) is 57.0 Å². The highest BCUT2D eigenvalue weighted by Crippen LogP contribution is 2.20. The molecule has 0 aliphatic carbocycles. The Balaban J connectivity index is 0.00000363. The van der Waals surface area contributed by atoms with Crippen molar-refractivity contribution in [3.8, 4) is 5.75 Å². The van der Waals surface area contributed by atoms with Crippen LogP contribution in [0.1, 0.15) is 44.7 Å². The maximum Gasteiger partial charge on any atom is 0.191 e. The molecular weight excluding hydrogens is 517 g/mol. The van der Waals surface area contributed by atoms with Crippen LogP contribution in [0, 0.1) is 0 Å². The van der Waals surface area contributed by atoms with Crippen molar-refractivity contribution >= 4 is 41.0 Å². The smallest absolute Gasteiger partial charge is 0.191 e. The average molecular weight is 551 g/mol. The number of hydrogen-bond acceptors (Lipinski definition) is 4. The first kappa shape index (κ1) is 25.9. The average Bonchev–Trinajstić information content (AvgIpc) is 3.17. The van der Waals surface area contributed by atoms with Crippen molar-refractivity contribution in [3.05, 3.63) is 59.9 Å². The molecule has 32 heavy (non-hydrogen) atoms. The molecule has 0 aliphatic heterocycles. The maximum atomic E-state index is 10.6. The molecule has 174 valence electrons. The number of nitrogens with one attached hydrogen (secondary N) is 3. The van der Waals surface area contributed by atoms with Gasteiger partial charge in [0, 0.05) is 19.5 Å². The summed E-state index contributed by atoms with van der Waals surface area (Å²) in [5.41, 5.74) is 2.86. The first-order valence-corrected chi connectivity index (χ1v) is 11.0. The van der Waals surface area contributed by atoms with Gasteiger partial charge < -0.3 is 25.5 Å². The van der Waals surface area contributed by atoms with Gasteiger partial charge in [-0.1, -0.05) is 24.3 Å². The Morgan fingerprint density at radius 1 is 1.16 bits per heavy atom. The van der Waals surface area contributed by atoms with Crippen LogP contribution in [0.4, 0.5) is 0 Å². The predicted octanol–water partition coefficient (Wildman–Crippen LogP) is 4.19. The van der Waals surface area contributed by atoms with E-state index in [2.05, 4.69) is 25.6 Å². The Labute approximate surface area is 207 Å². The minimum atomic E-state index is -0.693. The van der Waals surface area contributed by atoms with E-state index < -0.39 is 6.10 Å². The van der Waals surface area contributed by atoms with Gasteiger partial charge in [0.25, 0.3) is 0 Å². The fraction of sp³-hybridized carbons (Fsp3) is 0.417. The van der Waals surface area contributed by atoms with Crippen LogP contribution < -0.4 is 15.4 Å². The molecule has 0 saturated heterocycles. The van der Waals surface area contributed by atoms with Gasteiger partial charge in [0.15, 0.2) is 5.96 Å². The van der Waals surface area contributed by atoms with E-state index in [-0.39, 0.29) is 36.6 Å². The normalized spacial score (nSPS) is 12.5. The quantitative estimate of drug-likeness (QED) is 0.131. The number of fused-ring (bicyclic) bond motifs is 1. The fourth-order valence-corrected chi connectivity index (χ4v) is 3.28. The SMILES string of the molecule is CCNC(=NCC(O)c1cccc(OC(C)C)c1)NCCCc1nc2ccccc2[nH]1.I. The van der Waals surface area contributed by atoms with Crippen LogP contribution in [0.3, 0.4) is 0 Å². The molecule has 0 fully saturated rings. The van der Waals surface area contributed by atoms with Crippen LogP contribution in [0.15, 0.2) is 53.5 Å². The number of nitrogens with zero attached hydrogens (tertiary/aromatic N) is 2. The summed E-state index contributed by atoms with van der Waals surface area (Å²) in [4.78, 5) is 12.5. The number of aliphatic hydroxyl groups is 1. The Morgan fingerprint density at radius 2 is 1.97 bits per heavy atom. The first-order chi connectivity index (χ1) is 15.0. The van der Waals surface area contributed by atoms with Gasteiger partial charge in [-0.3, -0.25) is 4.99 Å². The Kier molecular flexibility index (Phi) is 10.8. The van der Waals surface area contributed by atoms with Gasteiger partial charge in [0.05, 0.1) is 29.8 Å². The van der Waals surface area contributed by atoms with E-state index >= 15 is 0 Å². The van der Waals surface area contributed by atoms with Crippen molar-refractivity contribution in [2.45, 2.75) is 45.8 Å². The second-order valence-corrected chi connectivity index (χ2v) is 7.71. The molecule has 1 atom stereocenters. The third kappa shape index (κ3) is 7.98. The molecule has 7 nitrogen and oxygen atoms in total. The van der Waals surface area contributed by atoms with Crippen LogP contribution >= 0.6 is 24.0 Å². The third-order valence-corrected chi connectivity index (χ3v) is 4.70. The summed E-state index contributed by atoms with van der Waals surface area (Å²) in [6.07, 6.45) is 1.17. The zero-order valence-electron chi connectivity index (χ0n) is 19.0. The number of para-hydroxylation sites is 2. The molecular formula is C24H34IN5O2. The number of aromatic nitrogens is 2. The van der Waals surface area contributed by atoms with E-state index in [1.54, 1.807) is 0 Å². The number of imidazole rings is 1. The van der Waals surface area contributed by atoms with E-state index in [4.69, 9.17) is 4.74 Å². The lowest BCUT2D eigenvalue weighted by Crippen LogP contribution is -2.38. The lowest BCUT2D eigenvalue weighted by molar-refractivity contribution is 0.185. The number of benzene rings is 2. The van der Waals surface area contributed by atoms with Gasteiger partial charge in [-0.25, -0.2) is 4.98 Å². The molecule has 4 N–H and O–H groups in total. The molecule has 0 saturated carbocycles. The zero-order valence-corrected chi connectivity index (χ0v) is 21.3. The van der Waals surface area contributed by atoms with E-state index in [0.717, 1.165) is 54.1 Å². The highest BCUT2D eigenvalue weighted by Gasteiger charge is 2.10. The van der Waals surface area contributed by atoms with E-state index in [1.165, 1.54) is 0 Å². The summed E-state index contributed by atoms with van der Waals surface area (Å²) >= 11 is 0. The van der Waals surface area contributed by atoms with E-state index in [9.17, 15) is 5.11 Å². The number of ether oxygens (including phenoxy) is 1. The van der Waals surface area contributed by atoms with Gasteiger partial charge in [0.2, 0.25) is 0 Å². The van der Waals surface area contributed by atoms with Crippen molar-refractivity contribution in [2.24, 2.45) is 4.99 Å². The third-order valence-electron chi connectivity index (χ3n) is 4.70. The topological polar surface area (TPSA) is 94.6 Å². The predicted molar refractivity (Wildman–Crippen MR) is 141 cm³/mol. The van der Waals surface area contributed by atoms with Gasteiger partial charge in [0.1, 0.15) is 11.6 Å². The molecule has 1 aromatic heterocycles. The molecule has 1 unspecified atom stereocenters. The molecule has 1 heterocycles. The molecule has 8 heteroatoms.